The SMILES string of the molecule is CSc1nc(CCN)co1.Cl. The van der Waals surface area contributed by atoms with Crippen LogP contribution in [0.3, 0.4) is 0 Å². The van der Waals surface area contributed by atoms with E-state index in [1.54, 1.807) is 6.26 Å². The Morgan fingerprint density at radius 3 is 2.91 bits per heavy atom. The largest absolute Gasteiger partial charge is 0.440 e. The van der Waals surface area contributed by atoms with E-state index >= 15 is 0 Å². The minimum absolute atomic E-state index is 0. The lowest BCUT2D eigenvalue weighted by atomic mass is 10.3. The molecular weight excluding hydrogens is 184 g/mol. The van der Waals surface area contributed by atoms with Crippen LogP contribution in [0.1, 0.15) is 5.69 Å². The molecule has 11 heavy (non-hydrogen) atoms. The number of halogens is 1. The van der Waals surface area contributed by atoms with Crippen LogP contribution < -0.4 is 5.73 Å². The van der Waals surface area contributed by atoms with Crippen LogP contribution >= 0.6 is 24.2 Å². The Bertz CT molecular complexity index is 204. The van der Waals surface area contributed by atoms with Gasteiger partial charge in [0.15, 0.2) is 0 Å². The van der Waals surface area contributed by atoms with Gasteiger partial charge in [-0.1, -0.05) is 11.8 Å². The summed E-state index contributed by atoms with van der Waals surface area (Å²) in [4.78, 5) is 4.13. The van der Waals surface area contributed by atoms with Crippen LogP contribution in [0.5, 0.6) is 0 Å². The molecule has 2 N–H and O–H groups in total. The topological polar surface area (TPSA) is 52.0 Å². The summed E-state index contributed by atoms with van der Waals surface area (Å²) in [6.45, 7) is 0.625. The van der Waals surface area contributed by atoms with E-state index in [-0.39, 0.29) is 12.4 Å². The number of hydrogen-bond donors (Lipinski definition) is 1. The van der Waals surface area contributed by atoms with Gasteiger partial charge in [0.2, 0.25) is 0 Å². The smallest absolute Gasteiger partial charge is 0.255 e. The first-order valence-electron chi connectivity index (χ1n) is 3.05. The Kier molecular flexibility index (Phi) is 5.36. The predicted octanol–water partition coefficient (Wildman–Crippen LogP) is 1.32. The maximum absolute atomic E-state index is 5.32. The minimum atomic E-state index is 0. The van der Waals surface area contributed by atoms with Crippen molar-refractivity contribution in [3.63, 3.8) is 0 Å². The van der Waals surface area contributed by atoms with Gasteiger partial charge in [-0.05, 0) is 12.8 Å². The fraction of sp³-hybridized carbons (Fsp3) is 0.500. The van der Waals surface area contributed by atoms with Crippen LogP contribution in [0.4, 0.5) is 0 Å². The third-order valence-corrected chi connectivity index (χ3v) is 1.64. The quantitative estimate of drug-likeness (QED) is 0.738. The lowest BCUT2D eigenvalue weighted by Crippen LogP contribution is -2.02. The third kappa shape index (κ3) is 3.14. The minimum Gasteiger partial charge on any atom is -0.440 e. The molecule has 0 saturated heterocycles. The van der Waals surface area contributed by atoms with Gasteiger partial charge in [-0.15, -0.1) is 12.4 Å². The molecule has 1 rings (SSSR count). The number of oxazole rings is 1. The molecule has 0 amide bonds. The fourth-order valence-electron chi connectivity index (χ4n) is 0.645. The number of thioether (sulfide) groups is 1. The first kappa shape index (κ1) is 10.8. The van der Waals surface area contributed by atoms with Crippen LogP contribution in [0, 0.1) is 0 Å². The summed E-state index contributed by atoms with van der Waals surface area (Å²) in [5.41, 5.74) is 6.26. The summed E-state index contributed by atoms with van der Waals surface area (Å²) in [6.07, 6.45) is 4.38. The van der Waals surface area contributed by atoms with Crippen molar-refractivity contribution in [3.05, 3.63) is 12.0 Å². The molecule has 1 aromatic rings. The van der Waals surface area contributed by atoms with Crippen molar-refractivity contribution in [3.8, 4) is 0 Å². The Labute approximate surface area is 76.2 Å². The zero-order valence-corrected chi connectivity index (χ0v) is 7.87. The second kappa shape index (κ2) is 5.46. The zero-order chi connectivity index (χ0) is 7.40. The van der Waals surface area contributed by atoms with Gasteiger partial charge in [0.05, 0.1) is 5.69 Å². The van der Waals surface area contributed by atoms with Crippen LogP contribution in [0.15, 0.2) is 15.9 Å². The van der Waals surface area contributed by atoms with Gasteiger partial charge >= 0.3 is 0 Å². The second-order valence-corrected chi connectivity index (χ2v) is 2.61. The van der Waals surface area contributed by atoms with Gasteiger partial charge in [-0.25, -0.2) is 4.98 Å². The number of hydrogen-bond acceptors (Lipinski definition) is 4. The van der Waals surface area contributed by atoms with Crippen molar-refractivity contribution in [1.82, 2.24) is 4.98 Å². The van der Waals surface area contributed by atoms with Gasteiger partial charge in [-0.3, -0.25) is 0 Å². The highest BCUT2D eigenvalue weighted by atomic mass is 35.5. The van der Waals surface area contributed by atoms with Crippen LogP contribution in [-0.2, 0) is 6.42 Å². The van der Waals surface area contributed by atoms with Crippen molar-refractivity contribution in [2.24, 2.45) is 5.73 Å². The number of rotatable bonds is 3. The molecule has 0 aliphatic heterocycles. The molecule has 0 atom stereocenters. The van der Waals surface area contributed by atoms with Crippen LogP contribution in [0.2, 0.25) is 0 Å². The molecular formula is C6H11ClN2OS. The standard InChI is InChI=1S/C6H10N2OS.ClH/c1-10-6-8-5(2-3-7)4-9-6;/h4H,2-3,7H2,1H3;1H. The summed E-state index contributed by atoms with van der Waals surface area (Å²) >= 11 is 1.50. The molecule has 0 aliphatic rings. The van der Waals surface area contributed by atoms with Crippen molar-refractivity contribution in [1.29, 1.82) is 0 Å². The molecule has 0 aromatic carbocycles. The van der Waals surface area contributed by atoms with Gasteiger partial charge in [0.25, 0.3) is 5.22 Å². The van der Waals surface area contributed by atoms with Crippen LogP contribution in [0.25, 0.3) is 0 Å². The van der Waals surface area contributed by atoms with E-state index in [4.69, 9.17) is 10.2 Å². The highest BCUT2D eigenvalue weighted by Crippen LogP contribution is 2.12. The van der Waals surface area contributed by atoms with E-state index in [2.05, 4.69) is 4.98 Å². The molecule has 1 heterocycles. The maximum atomic E-state index is 5.32. The van der Waals surface area contributed by atoms with E-state index in [1.807, 2.05) is 6.26 Å². The average Bonchev–Trinajstić information content (AvgIpc) is 2.37. The first-order chi connectivity index (χ1) is 4.86. The molecule has 0 saturated carbocycles. The highest BCUT2D eigenvalue weighted by molar-refractivity contribution is 7.98. The van der Waals surface area contributed by atoms with E-state index < -0.39 is 0 Å². The summed E-state index contributed by atoms with van der Waals surface area (Å²) in [5.74, 6) is 0. The molecule has 0 radical (unpaired) electrons. The number of nitrogens with two attached hydrogens (primary N) is 1. The van der Waals surface area contributed by atoms with E-state index in [1.165, 1.54) is 11.8 Å². The highest BCUT2D eigenvalue weighted by Gasteiger charge is 1.99. The van der Waals surface area contributed by atoms with Gasteiger partial charge in [0, 0.05) is 6.42 Å². The molecule has 0 spiro atoms. The molecule has 0 fully saturated rings. The normalized spacial score (nSPS) is 9.27. The molecule has 0 aliphatic carbocycles. The maximum Gasteiger partial charge on any atom is 0.255 e. The molecule has 0 bridgehead atoms. The number of nitrogens with zero attached hydrogens (tertiary/aromatic N) is 1. The van der Waals surface area contributed by atoms with Gasteiger partial charge < -0.3 is 10.2 Å². The molecule has 1 aromatic heterocycles. The summed E-state index contributed by atoms with van der Waals surface area (Å²) < 4.78 is 5.06. The number of aromatic nitrogens is 1. The average molecular weight is 195 g/mol. The van der Waals surface area contributed by atoms with Crippen molar-refractivity contribution in [2.45, 2.75) is 11.6 Å². The summed E-state index contributed by atoms with van der Waals surface area (Å²) in [5, 5.41) is 0.712. The lowest BCUT2D eigenvalue weighted by Gasteiger charge is -1.85. The van der Waals surface area contributed by atoms with Crippen molar-refractivity contribution < 1.29 is 4.42 Å². The zero-order valence-electron chi connectivity index (χ0n) is 6.24. The van der Waals surface area contributed by atoms with Gasteiger partial charge in [0.1, 0.15) is 6.26 Å². The first-order valence-corrected chi connectivity index (χ1v) is 4.27. The summed E-state index contributed by atoms with van der Waals surface area (Å²) in [7, 11) is 0. The Hall–Kier alpha value is -0.190. The lowest BCUT2D eigenvalue weighted by molar-refractivity contribution is 0.454. The molecule has 3 nitrogen and oxygen atoms in total. The van der Waals surface area contributed by atoms with E-state index in [9.17, 15) is 0 Å². The molecule has 64 valence electrons. The Morgan fingerprint density at radius 1 is 1.73 bits per heavy atom. The molecule has 5 heteroatoms. The van der Waals surface area contributed by atoms with E-state index in [0.717, 1.165) is 12.1 Å². The summed E-state index contributed by atoms with van der Waals surface area (Å²) in [6, 6.07) is 0. The van der Waals surface area contributed by atoms with E-state index in [0.29, 0.717) is 11.8 Å². The van der Waals surface area contributed by atoms with Crippen molar-refractivity contribution >= 4 is 24.2 Å². The van der Waals surface area contributed by atoms with Gasteiger partial charge in [-0.2, -0.15) is 0 Å². The molecule has 0 unspecified atom stereocenters. The van der Waals surface area contributed by atoms with Crippen molar-refractivity contribution in [2.75, 3.05) is 12.8 Å². The fourth-order valence-corrected chi connectivity index (χ4v) is 0.998. The Morgan fingerprint density at radius 2 is 2.45 bits per heavy atom. The monoisotopic (exact) mass is 194 g/mol. The second-order valence-electron chi connectivity index (χ2n) is 1.85. The Balaban J connectivity index is 0.000001000. The third-order valence-electron chi connectivity index (χ3n) is 1.11. The predicted molar refractivity (Wildman–Crippen MR) is 48.3 cm³/mol. The van der Waals surface area contributed by atoms with Crippen LogP contribution in [-0.4, -0.2) is 17.8 Å².